The van der Waals surface area contributed by atoms with E-state index in [2.05, 4.69) is 15.6 Å². The van der Waals surface area contributed by atoms with Gasteiger partial charge in [0.15, 0.2) is 5.13 Å². The number of nitrogens with zero attached hydrogens (tertiary/aromatic N) is 1. The van der Waals surface area contributed by atoms with E-state index < -0.39 is 24.1 Å². The van der Waals surface area contributed by atoms with Gasteiger partial charge in [0, 0.05) is 17.6 Å². The fourth-order valence-corrected chi connectivity index (χ4v) is 2.88. The fourth-order valence-electron chi connectivity index (χ4n) is 2.38. The number of carbonyl (C=O) groups is 1. The van der Waals surface area contributed by atoms with Crippen LogP contribution in [0, 0.1) is 0 Å². The van der Waals surface area contributed by atoms with Gasteiger partial charge in [0.05, 0.1) is 26.4 Å². The molecule has 0 spiro atoms. The second-order valence-electron chi connectivity index (χ2n) is 5.92. The molecule has 6 nitrogen and oxygen atoms in total. The lowest BCUT2D eigenvalue weighted by Gasteiger charge is -2.12. The van der Waals surface area contributed by atoms with E-state index in [0.29, 0.717) is 5.56 Å². The van der Waals surface area contributed by atoms with Crippen LogP contribution < -0.4 is 16.4 Å². The third kappa shape index (κ3) is 6.16. The van der Waals surface area contributed by atoms with Gasteiger partial charge in [-0.15, -0.1) is 11.3 Å². The number of hydrogen-bond donors (Lipinski definition) is 4. The normalized spacial score (nSPS) is 16.0. The first-order valence-electron chi connectivity index (χ1n) is 11.6. The van der Waals surface area contributed by atoms with E-state index in [1.165, 1.54) is 0 Å². The summed E-state index contributed by atoms with van der Waals surface area (Å²) in [4.78, 5) is 16.3. The molecule has 0 bridgehead atoms. The summed E-state index contributed by atoms with van der Waals surface area (Å²) in [6.45, 7) is 0.111. The van der Waals surface area contributed by atoms with Gasteiger partial charge in [-0.25, -0.2) is 4.98 Å². The van der Waals surface area contributed by atoms with Crippen molar-refractivity contribution in [3.8, 4) is 0 Å². The van der Waals surface area contributed by atoms with E-state index in [9.17, 15) is 9.90 Å². The predicted octanol–water partition coefficient (Wildman–Crippen LogP) is 2.77. The first kappa shape index (κ1) is 13.4. The SMILES string of the molecule is [2H]c1sc(N)nc1CC(=O)Nc1c([2H])c([2H])c(CCNC[C@]([2H])(O)c2ccccc2)c([2H])c1[2H]. The average molecular weight is 403 g/mol. The Balaban J connectivity index is 1.67. The fraction of sp³-hybridized carbons (Fsp3) is 0.238. The Morgan fingerprint density at radius 3 is 2.71 bits per heavy atom. The molecule has 7 heteroatoms. The van der Waals surface area contributed by atoms with Crippen molar-refractivity contribution < 1.29 is 18.1 Å². The molecule has 0 aliphatic carbocycles. The van der Waals surface area contributed by atoms with Gasteiger partial charge in [-0.2, -0.15) is 0 Å². The molecule has 0 saturated carbocycles. The van der Waals surface area contributed by atoms with Crippen LogP contribution in [0.4, 0.5) is 10.8 Å². The summed E-state index contributed by atoms with van der Waals surface area (Å²) in [7, 11) is 0. The highest BCUT2D eigenvalue weighted by atomic mass is 32.1. The van der Waals surface area contributed by atoms with Gasteiger partial charge >= 0.3 is 0 Å². The van der Waals surface area contributed by atoms with Crippen LogP contribution in [0.3, 0.4) is 0 Å². The van der Waals surface area contributed by atoms with Gasteiger partial charge in [0.25, 0.3) is 0 Å². The molecule has 28 heavy (non-hydrogen) atoms. The number of aliphatic hydroxyl groups is 1. The van der Waals surface area contributed by atoms with Crippen molar-refractivity contribution in [2.45, 2.75) is 18.9 Å². The molecule has 3 aromatic rings. The molecular weight excluding hydrogens is 372 g/mol. The van der Waals surface area contributed by atoms with Crippen LogP contribution >= 0.6 is 11.3 Å². The Kier molecular flexibility index (Phi) is 4.79. The Hall–Kier alpha value is -2.74. The Morgan fingerprint density at radius 1 is 1.29 bits per heavy atom. The smallest absolute Gasteiger partial charge is 0.230 e. The van der Waals surface area contributed by atoms with Crippen LogP contribution in [0.25, 0.3) is 0 Å². The molecule has 1 heterocycles. The second kappa shape index (κ2) is 9.98. The maximum atomic E-state index is 12.4. The van der Waals surface area contributed by atoms with Crippen LogP contribution in [-0.2, 0) is 17.6 Å². The largest absolute Gasteiger partial charge is 0.387 e. The monoisotopic (exact) mass is 402 g/mol. The molecule has 0 radical (unpaired) electrons. The molecule has 0 unspecified atom stereocenters. The van der Waals surface area contributed by atoms with E-state index in [1.807, 2.05) is 0 Å². The van der Waals surface area contributed by atoms with Crippen molar-refractivity contribution in [3.63, 3.8) is 0 Å². The molecule has 3 rings (SSSR count). The molecule has 0 saturated heterocycles. The molecule has 0 aliphatic rings. The highest BCUT2D eigenvalue weighted by molar-refractivity contribution is 7.13. The van der Waals surface area contributed by atoms with E-state index in [1.54, 1.807) is 30.3 Å². The minimum Gasteiger partial charge on any atom is -0.387 e. The zero-order chi connectivity index (χ0) is 25.0. The second-order valence-corrected chi connectivity index (χ2v) is 6.75. The third-order valence-electron chi connectivity index (χ3n) is 3.74. The van der Waals surface area contributed by atoms with E-state index in [4.69, 9.17) is 14.0 Å². The summed E-state index contributed by atoms with van der Waals surface area (Å²) < 4.78 is 48.8. The number of rotatable bonds is 9. The number of anilines is 2. The van der Waals surface area contributed by atoms with Crippen LogP contribution in [0.5, 0.6) is 0 Å². The summed E-state index contributed by atoms with van der Waals surface area (Å²) in [5, 5.41) is 15.8. The van der Waals surface area contributed by atoms with Crippen LogP contribution in [0.15, 0.2) is 59.9 Å². The zero-order valence-electron chi connectivity index (χ0n) is 21.0. The van der Waals surface area contributed by atoms with Crippen molar-refractivity contribution in [1.82, 2.24) is 10.3 Å². The predicted molar refractivity (Wildman–Crippen MR) is 113 cm³/mol. The molecule has 5 N–H and O–H groups in total. The quantitative estimate of drug-likeness (QED) is 0.413. The number of nitrogen functional groups attached to an aromatic ring is 1. The topological polar surface area (TPSA) is 100 Å². The number of benzene rings is 2. The maximum Gasteiger partial charge on any atom is 0.230 e. The van der Waals surface area contributed by atoms with Crippen molar-refractivity contribution >= 4 is 28.1 Å². The zero-order valence-corrected chi connectivity index (χ0v) is 15.8. The number of nitrogens with one attached hydrogen (secondary N) is 2. The molecule has 2 aromatic carbocycles. The summed E-state index contributed by atoms with van der Waals surface area (Å²) in [6, 6.07) is 7.13. The van der Waals surface area contributed by atoms with Gasteiger partial charge in [-0.3, -0.25) is 4.79 Å². The Bertz CT molecular complexity index is 1160. The van der Waals surface area contributed by atoms with Gasteiger partial charge in [0.1, 0.15) is 0 Å². The third-order valence-corrected chi connectivity index (χ3v) is 4.38. The lowest BCUT2D eigenvalue weighted by Crippen LogP contribution is -2.23. The highest BCUT2D eigenvalue weighted by Crippen LogP contribution is 2.14. The van der Waals surface area contributed by atoms with Gasteiger partial charge in [-0.1, -0.05) is 42.4 Å². The summed E-state index contributed by atoms with van der Waals surface area (Å²) in [6.07, 6.45) is -2.02. The minimum atomic E-state index is -1.86. The lowest BCUT2D eigenvalue weighted by atomic mass is 10.1. The van der Waals surface area contributed by atoms with Crippen molar-refractivity contribution in [1.29, 1.82) is 0 Å². The summed E-state index contributed by atoms with van der Waals surface area (Å²) >= 11 is 0.926. The number of nitrogens with two attached hydrogens (primary N) is 1. The van der Waals surface area contributed by atoms with Crippen LogP contribution in [0.1, 0.15) is 31.1 Å². The summed E-state index contributed by atoms with van der Waals surface area (Å²) in [5.74, 6) is -0.635. The van der Waals surface area contributed by atoms with E-state index >= 15 is 0 Å². The van der Waals surface area contributed by atoms with E-state index in [0.717, 1.165) is 11.3 Å². The first-order chi connectivity index (χ1) is 16.0. The van der Waals surface area contributed by atoms with Crippen molar-refractivity contribution in [2.75, 3.05) is 24.1 Å². The van der Waals surface area contributed by atoms with Gasteiger partial charge in [0.2, 0.25) is 5.91 Å². The van der Waals surface area contributed by atoms with E-state index in [-0.39, 0.29) is 65.4 Å². The van der Waals surface area contributed by atoms with Gasteiger partial charge < -0.3 is 21.5 Å². The van der Waals surface area contributed by atoms with Crippen molar-refractivity contribution in [3.05, 3.63) is 76.7 Å². The Labute approximate surface area is 176 Å². The maximum absolute atomic E-state index is 12.4. The number of thiazole rings is 1. The number of amides is 1. The standard InChI is InChI=1S/C21H24N4O2S/c22-21-25-18(14-28-21)12-20(27)24-17-8-6-15(7-9-17)10-11-23-13-19(26)16-4-2-1-3-5-16/h1-9,14,19,23,26H,10-13H2,(H2,22,25)(H,24,27)/t19-/m0/s1/i6D,7D,8D,9D,14D,19D. The minimum absolute atomic E-state index is 0.0434. The van der Waals surface area contributed by atoms with Crippen LogP contribution in [-0.4, -0.2) is 29.1 Å². The average Bonchev–Trinajstić information content (AvgIpc) is 3.11. The lowest BCUT2D eigenvalue weighted by molar-refractivity contribution is -0.115. The molecule has 1 atom stereocenters. The molecular formula is C21H24N4O2S. The first-order valence-corrected chi connectivity index (χ1v) is 9.42. The van der Waals surface area contributed by atoms with Gasteiger partial charge in [-0.05, 0) is 36.2 Å². The van der Waals surface area contributed by atoms with Crippen LogP contribution in [0.2, 0.25) is 0 Å². The highest BCUT2D eigenvalue weighted by Gasteiger charge is 2.08. The molecule has 0 fully saturated rings. The molecule has 1 aromatic heterocycles. The number of carbonyl (C=O) groups excluding carboxylic acids is 1. The summed E-state index contributed by atoms with van der Waals surface area (Å²) in [5.41, 5.74) is 6.02. The number of aromatic nitrogens is 1. The van der Waals surface area contributed by atoms with Crippen molar-refractivity contribution in [2.24, 2.45) is 0 Å². The molecule has 0 aliphatic heterocycles. The number of hydrogen-bond acceptors (Lipinski definition) is 6. The molecule has 146 valence electrons. The molecule has 1 amide bonds. The Morgan fingerprint density at radius 2 is 2.04 bits per heavy atom.